The molecule has 8 heteroatoms. The molecular formula is C23H29N3O4S. The molecular weight excluding hydrogens is 414 g/mol. The van der Waals surface area contributed by atoms with Crippen LogP contribution in [0.4, 0.5) is 17.1 Å². The number of carbonyl (C=O) groups excluding carboxylic acids is 2. The van der Waals surface area contributed by atoms with Crippen molar-refractivity contribution in [1.29, 1.82) is 0 Å². The van der Waals surface area contributed by atoms with E-state index in [9.17, 15) is 18.0 Å². The van der Waals surface area contributed by atoms with E-state index in [1.807, 2.05) is 38.1 Å². The molecule has 1 fully saturated rings. The summed E-state index contributed by atoms with van der Waals surface area (Å²) in [6.07, 6.45) is 3.14. The molecule has 0 spiro atoms. The topological polar surface area (TPSA) is 86.8 Å². The van der Waals surface area contributed by atoms with Gasteiger partial charge in [0.25, 0.3) is 0 Å². The molecule has 166 valence electrons. The number of carbonyl (C=O) groups is 2. The first kappa shape index (κ1) is 22.8. The van der Waals surface area contributed by atoms with E-state index < -0.39 is 10.0 Å². The minimum absolute atomic E-state index is 0.0933. The van der Waals surface area contributed by atoms with E-state index in [4.69, 9.17) is 0 Å². The van der Waals surface area contributed by atoms with Gasteiger partial charge in [-0.25, -0.2) is 8.42 Å². The lowest BCUT2D eigenvalue weighted by Gasteiger charge is -2.25. The third-order valence-electron chi connectivity index (χ3n) is 5.53. The summed E-state index contributed by atoms with van der Waals surface area (Å²) >= 11 is 0. The van der Waals surface area contributed by atoms with Gasteiger partial charge in [-0.1, -0.05) is 18.2 Å². The van der Waals surface area contributed by atoms with Crippen LogP contribution in [0.1, 0.15) is 36.8 Å². The molecule has 1 aliphatic heterocycles. The number of sulfonamides is 1. The van der Waals surface area contributed by atoms with Crippen molar-refractivity contribution in [3.63, 3.8) is 0 Å². The van der Waals surface area contributed by atoms with E-state index in [1.54, 1.807) is 23.1 Å². The molecule has 0 bridgehead atoms. The van der Waals surface area contributed by atoms with Crippen LogP contribution in [0, 0.1) is 13.8 Å². The maximum atomic E-state index is 12.4. The Bertz CT molecular complexity index is 1080. The SMILES string of the molecule is Cc1cccc(N(CCCC(=O)Nc2cccc(N3CCCC3=O)c2)S(C)(=O)=O)c1C. The van der Waals surface area contributed by atoms with Gasteiger partial charge in [-0.15, -0.1) is 0 Å². The number of benzene rings is 2. The largest absolute Gasteiger partial charge is 0.326 e. The number of amides is 2. The van der Waals surface area contributed by atoms with Gasteiger partial charge < -0.3 is 10.2 Å². The van der Waals surface area contributed by atoms with Crippen LogP contribution >= 0.6 is 0 Å². The summed E-state index contributed by atoms with van der Waals surface area (Å²) in [6.45, 7) is 4.75. The third-order valence-corrected chi connectivity index (χ3v) is 6.71. The minimum atomic E-state index is -3.47. The first-order chi connectivity index (χ1) is 14.7. The highest BCUT2D eigenvalue weighted by atomic mass is 32.2. The molecule has 0 saturated carbocycles. The van der Waals surface area contributed by atoms with E-state index >= 15 is 0 Å². The summed E-state index contributed by atoms with van der Waals surface area (Å²) in [6, 6.07) is 12.8. The predicted octanol–water partition coefficient (Wildman–Crippen LogP) is 3.62. The first-order valence-electron chi connectivity index (χ1n) is 10.4. The fourth-order valence-corrected chi connectivity index (χ4v) is 4.77. The van der Waals surface area contributed by atoms with Crippen molar-refractivity contribution in [1.82, 2.24) is 0 Å². The number of nitrogens with zero attached hydrogens (tertiary/aromatic N) is 2. The summed E-state index contributed by atoms with van der Waals surface area (Å²) in [4.78, 5) is 26.1. The lowest BCUT2D eigenvalue weighted by molar-refractivity contribution is -0.117. The Labute approximate surface area is 184 Å². The Kier molecular flexibility index (Phi) is 7.00. The average molecular weight is 444 g/mol. The van der Waals surface area contributed by atoms with E-state index in [0.717, 1.165) is 23.2 Å². The van der Waals surface area contributed by atoms with Crippen molar-refractivity contribution in [2.45, 2.75) is 39.5 Å². The fourth-order valence-electron chi connectivity index (χ4n) is 3.75. The second-order valence-corrected chi connectivity index (χ2v) is 9.81. The number of rotatable bonds is 8. The summed E-state index contributed by atoms with van der Waals surface area (Å²) in [7, 11) is -3.47. The van der Waals surface area contributed by atoms with Crippen LogP contribution in [-0.4, -0.2) is 39.6 Å². The molecule has 2 amide bonds. The Hall–Kier alpha value is -2.87. The van der Waals surface area contributed by atoms with Gasteiger partial charge >= 0.3 is 0 Å². The maximum absolute atomic E-state index is 12.4. The van der Waals surface area contributed by atoms with Crippen LogP contribution in [0.3, 0.4) is 0 Å². The van der Waals surface area contributed by atoms with Gasteiger partial charge in [-0.05, 0) is 62.1 Å². The molecule has 2 aromatic carbocycles. The fraction of sp³-hybridized carbons (Fsp3) is 0.391. The van der Waals surface area contributed by atoms with Crippen molar-refractivity contribution in [2.24, 2.45) is 0 Å². The highest BCUT2D eigenvalue weighted by Gasteiger charge is 2.22. The molecule has 0 atom stereocenters. The van der Waals surface area contributed by atoms with Gasteiger partial charge in [0.05, 0.1) is 11.9 Å². The Morgan fingerprint density at radius 1 is 1.16 bits per heavy atom. The molecule has 0 radical (unpaired) electrons. The molecule has 0 aromatic heterocycles. The van der Waals surface area contributed by atoms with Crippen LogP contribution in [0.15, 0.2) is 42.5 Å². The average Bonchev–Trinajstić information content (AvgIpc) is 3.13. The molecule has 31 heavy (non-hydrogen) atoms. The van der Waals surface area contributed by atoms with Crippen molar-refractivity contribution in [3.05, 3.63) is 53.6 Å². The third kappa shape index (κ3) is 5.64. The van der Waals surface area contributed by atoms with Gasteiger partial charge in [-0.2, -0.15) is 0 Å². The zero-order valence-electron chi connectivity index (χ0n) is 18.2. The van der Waals surface area contributed by atoms with Gasteiger partial charge in [0.15, 0.2) is 0 Å². The van der Waals surface area contributed by atoms with Crippen LogP contribution in [0.2, 0.25) is 0 Å². The summed E-state index contributed by atoms with van der Waals surface area (Å²) in [5.74, 6) is -0.102. The Morgan fingerprint density at radius 3 is 2.58 bits per heavy atom. The zero-order chi connectivity index (χ0) is 22.6. The molecule has 3 rings (SSSR count). The normalized spacial score (nSPS) is 14.0. The molecule has 0 unspecified atom stereocenters. The van der Waals surface area contributed by atoms with Crippen LogP contribution in [0.5, 0.6) is 0 Å². The Morgan fingerprint density at radius 2 is 1.90 bits per heavy atom. The second kappa shape index (κ2) is 9.51. The number of nitrogens with one attached hydrogen (secondary N) is 1. The van der Waals surface area contributed by atoms with E-state index in [-0.39, 0.29) is 24.8 Å². The van der Waals surface area contributed by atoms with Gasteiger partial charge in [-0.3, -0.25) is 13.9 Å². The molecule has 2 aromatic rings. The summed E-state index contributed by atoms with van der Waals surface area (Å²) in [5, 5.41) is 2.85. The summed E-state index contributed by atoms with van der Waals surface area (Å²) in [5.41, 5.74) is 3.96. The molecule has 1 aliphatic rings. The molecule has 1 N–H and O–H groups in total. The lowest BCUT2D eigenvalue weighted by atomic mass is 10.1. The van der Waals surface area contributed by atoms with Gasteiger partial charge in [0.2, 0.25) is 21.8 Å². The molecule has 7 nitrogen and oxygen atoms in total. The van der Waals surface area contributed by atoms with Crippen molar-refractivity contribution >= 4 is 38.9 Å². The zero-order valence-corrected chi connectivity index (χ0v) is 19.0. The molecule has 0 aliphatic carbocycles. The minimum Gasteiger partial charge on any atom is -0.326 e. The maximum Gasteiger partial charge on any atom is 0.232 e. The molecule has 1 heterocycles. The predicted molar refractivity (Wildman–Crippen MR) is 124 cm³/mol. The second-order valence-electron chi connectivity index (χ2n) is 7.91. The quantitative estimate of drug-likeness (QED) is 0.675. The standard InChI is InChI=1S/C23H29N3O4S/c1-17-8-4-11-21(18(17)2)26(31(3,29)30)15-6-12-22(27)24-19-9-5-10-20(16-19)25-14-7-13-23(25)28/h4-5,8-11,16H,6-7,12-15H2,1-3H3,(H,24,27). The lowest BCUT2D eigenvalue weighted by Crippen LogP contribution is -2.32. The van der Waals surface area contributed by atoms with E-state index in [1.165, 1.54) is 10.6 Å². The van der Waals surface area contributed by atoms with Crippen LogP contribution in [-0.2, 0) is 19.6 Å². The number of hydrogen-bond acceptors (Lipinski definition) is 4. The first-order valence-corrected chi connectivity index (χ1v) is 12.3. The van der Waals surface area contributed by atoms with Gasteiger partial charge in [0.1, 0.15) is 0 Å². The van der Waals surface area contributed by atoms with Crippen LogP contribution in [0.25, 0.3) is 0 Å². The number of hydrogen-bond donors (Lipinski definition) is 1. The monoisotopic (exact) mass is 443 g/mol. The van der Waals surface area contributed by atoms with Crippen LogP contribution < -0.4 is 14.5 Å². The van der Waals surface area contributed by atoms with Gasteiger partial charge in [0, 0.05) is 37.3 Å². The number of aryl methyl sites for hydroxylation is 1. The Balaban J connectivity index is 1.61. The molecule has 1 saturated heterocycles. The van der Waals surface area contributed by atoms with E-state index in [2.05, 4.69) is 5.32 Å². The highest BCUT2D eigenvalue weighted by Crippen LogP contribution is 2.26. The smallest absolute Gasteiger partial charge is 0.232 e. The highest BCUT2D eigenvalue weighted by molar-refractivity contribution is 7.92. The summed E-state index contributed by atoms with van der Waals surface area (Å²) < 4.78 is 26.1. The van der Waals surface area contributed by atoms with Crippen molar-refractivity contribution in [3.8, 4) is 0 Å². The van der Waals surface area contributed by atoms with Crippen molar-refractivity contribution in [2.75, 3.05) is 33.9 Å². The number of anilines is 3. The van der Waals surface area contributed by atoms with E-state index in [0.29, 0.717) is 30.8 Å². The van der Waals surface area contributed by atoms with Crippen molar-refractivity contribution < 1.29 is 18.0 Å².